The molecule has 3 saturated heterocycles. The zero-order valence-corrected chi connectivity index (χ0v) is 26.7. The molecule has 2 unspecified atom stereocenters. The molecule has 1 aromatic carbocycles. The van der Waals surface area contributed by atoms with Crippen molar-refractivity contribution in [2.45, 2.75) is 43.0 Å². The zero-order valence-electron chi connectivity index (χ0n) is 23.2. The minimum atomic E-state index is -4.33. The average molecular weight is 716 g/mol. The Morgan fingerprint density at radius 3 is 2.74 bits per heavy atom. The molecule has 9 atom stereocenters. The van der Waals surface area contributed by atoms with Crippen molar-refractivity contribution < 1.29 is 46.2 Å². The highest BCUT2D eigenvalue weighted by molar-refractivity contribution is 8.44. The largest absolute Gasteiger partial charge is 0.386 e. The van der Waals surface area contributed by atoms with Gasteiger partial charge in [0.2, 0.25) is 0 Å². The Balaban J connectivity index is 1.20. The summed E-state index contributed by atoms with van der Waals surface area (Å²) in [7, 11) is 0. The third-order valence-corrected chi connectivity index (χ3v) is 10.7. The van der Waals surface area contributed by atoms with Crippen molar-refractivity contribution in [3.05, 3.63) is 48.6 Å². The second-order valence-electron chi connectivity index (χ2n) is 10.4. The van der Waals surface area contributed by atoms with Crippen molar-refractivity contribution in [2.24, 2.45) is 5.73 Å². The number of hydrogen-bond donors (Lipinski definition) is 4. The SMILES string of the molecule is C=C1[C@H]2OP(O)(=S)OC[C@H]3O[C@@H](n4cnc5c(N)ncnc54)[C@H](F)[C@@H]3OP(=O)(S)OC[C@H]1O[C@H]2n1nnc2c(C(N)=O)cccc21. The number of nitrogens with zero attached hydrogens (tertiary/aromatic N) is 7. The van der Waals surface area contributed by atoms with Crippen LogP contribution in [-0.2, 0) is 43.9 Å². The molecule has 3 aromatic heterocycles. The monoisotopic (exact) mass is 715 g/mol. The molecule has 18 nitrogen and oxygen atoms in total. The minimum Gasteiger partial charge on any atom is -0.382 e. The van der Waals surface area contributed by atoms with E-state index in [0.29, 0.717) is 5.52 Å². The van der Waals surface area contributed by atoms with Gasteiger partial charge < -0.3 is 30.4 Å². The number of carbonyl (C=O) groups excluding carboxylic acids is 1. The van der Waals surface area contributed by atoms with E-state index in [1.54, 1.807) is 12.1 Å². The van der Waals surface area contributed by atoms with E-state index in [0.717, 1.165) is 0 Å². The third kappa shape index (κ3) is 5.54. The van der Waals surface area contributed by atoms with Gasteiger partial charge in [-0.25, -0.2) is 28.6 Å². The van der Waals surface area contributed by atoms with Gasteiger partial charge >= 0.3 is 13.5 Å². The number of primary amides is 1. The molecule has 0 radical (unpaired) electrons. The van der Waals surface area contributed by atoms with Crippen LogP contribution in [0.25, 0.3) is 22.2 Å². The van der Waals surface area contributed by atoms with E-state index in [9.17, 15) is 14.3 Å². The van der Waals surface area contributed by atoms with Gasteiger partial charge in [0.05, 0.1) is 30.6 Å². The summed E-state index contributed by atoms with van der Waals surface area (Å²) >= 11 is 9.37. The summed E-state index contributed by atoms with van der Waals surface area (Å²) in [6.07, 6.45) is -7.29. The van der Waals surface area contributed by atoms with Gasteiger partial charge in [-0.2, -0.15) is 0 Å². The molecule has 1 amide bonds. The highest BCUT2D eigenvalue weighted by Gasteiger charge is 2.52. The number of nitrogen functional groups attached to an aromatic ring is 1. The number of carbonyl (C=O) groups is 1. The Bertz CT molecular complexity index is 1980. The van der Waals surface area contributed by atoms with Gasteiger partial charge in [0.15, 0.2) is 30.1 Å². The van der Waals surface area contributed by atoms with E-state index in [-0.39, 0.29) is 33.6 Å². The first-order valence-electron chi connectivity index (χ1n) is 13.4. The Morgan fingerprint density at radius 2 is 1.96 bits per heavy atom. The first-order valence-corrected chi connectivity index (χ1v) is 18.6. The van der Waals surface area contributed by atoms with Crippen LogP contribution in [0.5, 0.6) is 0 Å². The number of nitrogens with two attached hydrogens (primary N) is 2. The van der Waals surface area contributed by atoms with Crippen molar-refractivity contribution in [3.63, 3.8) is 0 Å². The van der Waals surface area contributed by atoms with E-state index in [4.69, 9.17) is 50.8 Å². The van der Waals surface area contributed by atoms with Gasteiger partial charge in [-0.15, -0.1) is 5.10 Å². The van der Waals surface area contributed by atoms with Crippen LogP contribution in [0.2, 0.25) is 0 Å². The number of imidazole rings is 1. The van der Waals surface area contributed by atoms with E-state index in [1.165, 1.54) is 28.0 Å². The third-order valence-electron chi connectivity index (χ3n) is 7.57. The maximum Gasteiger partial charge on any atom is 0.386 e. The van der Waals surface area contributed by atoms with Crippen LogP contribution in [0.4, 0.5) is 10.2 Å². The fraction of sp³-hybridized carbons (Fsp3) is 0.391. The molecule has 7 rings (SSSR count). The van der Waals surface area contributed by atoms with E-state index < -0.39 is 75.7 Å². The summed E-state index contributed by atoms with van der Waals surface area (Å²) < 4.78 is 66.7. The molecule has 244 valence electrons. The average Bonchev–Trinajstić information content (AvgIpc) is 3.76. The molecule has 46 heavy (non-hydrogen) atoms. The topological polar surface area (TPSA) is 236 Å². The molecule has 3 fully saturated rings. The van der Waals surface area contributed by atoms with E-state index in [1.807, 2.05) is 0 Å². The number of halogens is 1. The molecule has 0 aliphatic carbocycles. The number of hydrogen-bond acceptors (Lipinski definition) is 15. The molecule has 6 heterocycles. The number of thiol groups is 1. The van der Waals surface area contributed by atoms with Crippen molar-refractivity contribution in [1.82, 2.24) is 34.5 Å². The van der Waals surface area contributed by atoms with E-state index in [2.05, 4.69) is 44.1 Å². The smallest absolute Gasteiger partial charge is 0.382 e. The van der Waals surface area contributed by atoms with Gasteiger partial charge in [-0.1, -0.05) is 30.1 Å². The van der Waals surface area contributed by atoms with Gasteiger partial charge in [-0.05, 0) is 29.5 Å². The number of aromatic nitrogens is 7. The quantitative estimate of drug-likeness (QED) is 0.134. The van der Waals surface area contributed by atoms with Crippen LogP contribution in [0.1, 0.15) is 22.8 Å². The second-order valence-corrected chi connectivity index (χ2v) is 16.0. The van der Waals surface area contributed by atoms with Crippen LogP contribution >= 0.6 is 25.8 Å². The van der Waals surface area contributed by atoms with Crippen LogP contribution < -0.4 is 11.5 Å². The normalized spacial score (nSPS) is 35.5. The Morgan fingerprint density at radius 1 is 1.15 bits per heavy atom. The molecule has 5 N–H and O–H groups in total. The number of anilines is 1. The number of fused-ring (bicyclic) bond motifs is 5. The number of benzene rings is 1. The van der Waals surface area contributed by atoms with Crippen molar-refractivity contribution >= 4 is 71.5 Å². The zero-order chi connectivity index (χ0) is 32.5. The summed E-state index contributed by atoms with van der Waals surface area (Å²) in [5.74, 6) is -0.662. The maximum absolute atomic E-state index is 16.1. The summed E-state index contributed by atoms with van der Waals surface area (Å²) in [5, 5.41) is 8.17. The lowest BCUT2D eigenvalue weighted by molar-refractivity contribution is -0.0621. The molecular formula is C23H24FN9O9P2S2. The molecule has 3 aliphatic heterocycles. The minimum absolute atomic E-state index is 0.0645. The summed E-state index contributed by atoms with van der Waals surface area (Å²) in [6, 6.07) is 4.66. The summed E-state index contributed by atoms with van der Waals surface area (Å²) in [6.45, 7) is -5.53. The van der Waals surface area contributed by atoms with Gasteiger partial charge in [0.1, 0.15) is 41.8 Å². The Hall–Kier alpha value is -2.94. The predicted molar refractivity (Wildman–Crippen MR) is 162 cm³/mol. The van der Waals surface area contributed by atoms with Crippen molar-refractivity contribution in [1.29, 1.82) is 0 Å². The fourth-order valence-corrected chi connectivity index (χ4v) is 8.27. The lowest BCUT2D eigenvalue weighted by atomic mass is 10.1. The first-order chi connectivity index (χ1) is 21.8. The fourth-order valence-electron chi connectivity index (χ4n) is 5.42. The van der Waals surface area contributed by atoms with Gasteiger partial charge in [0.25, 0.3) is 5.91 Å². The molecule has 0 saturated carbocycles. The number of ether oxygens (including phenoxy) is 2. The summed E-state index contributed by atoms with van der Waals surface area (Å²) in [4.78, 5) is 35.2. The second kappa shape index (κ2) is 11.6. The van der Waals surface area contributed by atoms with Crippen LogP contribution in [0.3, 0.4) is 0 Å². The Labute approximate surface area is 268 Å². The van der Waals surface area contributed by atoms with Crippen LogP contribution in [0.15, 0.2) is 43.0 Å². The van der Waals surface area contributed by atoms with Crippen LogP contribution in [-0.4, -0.2) is 89.1 Å². The maximum atomic E-state index is 16.1. The van der Waals surface area contributed by atoms with Gasteiger partial charge in [0, 0.05) is 0 Å². The molecule has 3 aliphatic rings. The van der Waals surface area contributed by atoms with E-state index >= 15 is 4.39 Å². The van der Waals surface area contributed by atoms with Crippen LogP contribution in [0, 0.1) is 0 Å². The predicted octanol–water partition coefficient (Wildman–Crippen LogP) is 1.71. The summed E-state index contributed by atoms with van der Waals surface area (Å²) in [5.41, 5.74) is 12.6. The first kappa shape index (κ1) is 31.6. The number of amides is 1. The standard InChI is InChI=1S/C23H24FN9O9P2S2/c1-9-12-5-37-44(36,46)42-18-13(40-22(14(18)24)32-8-29-16-19(25)27-7-28-21(16)32)6-38-43(35,45)41-17(9)23(39-12)33-11-4-2-3-10(20(26)34)15(11)30-31-33/h2-4,7-8,12-14,17-18,22-23H,1,5-6H2,(H2,26,34)(H,35,45)(H,36,46)(H2,25,27,28)/t12-,13-,14-,17-,18-,22-,23-,43?,44?/m1/s1. The Kier molecular flexibility index (Phi) is 8.01. The molecule has 23 heteroatoms. The molecular weight excluding hydrogens is 691 g/mol. The number of rotatable bonds is 3. The number of alkyl halides is 1. The molecule has 4 aromatic rings. The lowest BCUT2D eigenvalue weighted by Gasteiger charge is -2.26. The van der Waals surface area contributed by atoms with Gasteiger partial charge in [-0.3, -0.25) is 22.9 Å². The highest BCUT2D eigenvalue weighted by atomic mass is 32.7. The van der Waals surface area contributed by atoms with Crippen molar-refractivity contribution in [2.75, 3.05) is 18.9 Å². The molecule has 0 spiro atoms. The highest BCUT2D eigenvalue weighted by Crippen LogP contribution is 2.58. The van der Waals surface area contributed by atoms with Crippen molar-refractivity contribution in [3.8, 4) is 0 Å². The lowest BCUT2D eigenvalue weighted by Crippen LogP contribution is -2.34. The molecule has 2 bridgehead atoms.